The van der Waals surface area contributed by atoms with E-state index in [9.17, 15) is 17.2 Å². The Morgan fingerprint density at radius 2 is 1.80 bits per heavy atom. The highest BCUT2D eigenvalue weighted by Gasteiger charge is 2.14. The fourth-order valence-electron chi connectivity index (χ4n) is 2.03. The van der Waals surface area contributed by atoms with Gasteiger partial charge >= 0.3 is 0 Å². The van der Waals surface area contributed by atoms with Crippen molar-refractivity contribution in [3.8, 4) is 0 Å². The van der Waals surface area contributed by atoms with E-state index in [0.717, 1.165) is 12.5 Å². The molecular formula is C14H21F2NO2S. The molecular weight excluding hydrogens is 284 g/mol. The maximum Gasteiger partial charge on any atom is 0.147 e. The van der Waals surface area contributed by atoms with Crippen LogP contribution in [0.5, 0.6) is 0 Å². The highest BCUT2D eigenvalue weighted by atomic mass is 32.2. The predicted molar refractivity (Wildman–Crippen MR) is 76.3 cm³/mol. The third kappa shape index (κ3) is 6.43. The molecule has 1 unspecified atom stereocenters. The number of hydrogen-bond acceptors (Lipinski definition) is 3. The molecule has 1 rings (SSSR count). The van der Waals surface area contributed by atoms with Crippen LogP contribution in [0.2, 0.25) is 0 Å². The molecule has 0 aliphatic carbocycles. The third-order valence-electron chi connectivity index (χ3n) is 2.94. The second-order valence-corrected chi connectivity index (χ2v) is 7.24. The zero-order chi connectivity index (χ0) is 15.2. The molecule has 1 N–H and O–H groups in total. The summed E-state index contributed by atoms with van der Waals surface area (Å²) in [5.74, 6) is -1.16. The Kier molecular flexibility index (Phi) is 6.55. The minimum absolute atomic E-state index is 0.0785. The van der Waals surface area contributed by atoms with Crippen molar-refractivity contribution in [2.45, 2.75) is 32.2 Å². The molecule has 0 saturated carbocycles. The normalized spacial score (nSPS) is 13.4. The van der Waals surface area contributed by atoms with Gasteiger partial charge in [0.25, 0.3) is 0 Å². The van der Waals surface area contributed by atoms with Gasteiger partial charge in [0.1, 0.15) is 21.5 Å². The SMILES string of the molecule is CCCNC(CCCS(C)(=O)=O)c1cc(F)cc(F)c1. The Balaban J connectivity index is 2.77. The molecule has 3 nitrogen and oxygen atoms in total. The number of halogens is 2. The van der Waals surface area contributed by atoms with E-state index in [1.54, 1.807) is 0 Å². The number of rotatable bonds is 8. The minimum Gasteiger partial charge on any atom is -0.310 e. The predicted octanol–water partition coefficient (Wildman–Crippen LogP) is 2.83. The summed E-state index contributed by atoms with van der Waals surface area (Å²) < 4.78 is 48.8. The molecule has 114 valence electrons. The average molecular weight is 305 g/mol. The van der Waals surface area contributed by atoms with Gasteiger partial charge in [-0.25, -0.2) is 17.2 Å². The summed E-state index contributed by atoms with van der Waals surface area (Å²) in [7, 11) is -3.01. The van der Waals surface area contributed by atoms with Crippen molar-refractivity contribution in [1.82, 2.24) is 5.32 Å². The fraction of sp³-hybridized carbons (Fsp3) is 0.571. The van der Waals surface area contributed by atoms with Crippen LogP contribution < -0.4 is 5.32 Å². The molecule has 0 aliphatic rings. The first-order chi connectivity index (χ1) is 9.31. The quantitative estimate of drug-likeness (QED) is 0.803. The summed E-state index contributed by atoms with van der Waals surface area (Å²) >= 11 is 0. The topological polar surface area (TPSA) is 46.2 Å². The van der Waals surface area contributed by atoms with E-state index in [2.05, 4.69) is 5.32 Å². The zero-order valence-corrected chi connectivity index (χ0v) is 12.6. The number of hydrogen-bond donors (Lipinski definition) is 1. The van der Waals surface area contributed by atoms with Gasteiger partial charge in [-0.2, -0.15) is 0 Å². The van der Waals surface area contributed by atoms with E-state index in [1.807, 2.05) is 6.92 Å². The number of sulfone groups is 1. The molecule has 0 spiro atoms. The molecule has 6 heteroatoms. The minimum atomic E-state index is -3.01. The third-order valence-corrected chi connectivity index (χ3v) is 3.97. The zero-order valence-electron chi connectivity index (χ0n) is 11.8. The molecule has 1 atom stereocenters. The first-order valence-corrected chi connectivity index (χ1v) is 8.75. The number of nitrogens with one attached hydrogen (secondary N) is 1. The smallest absolute Gasteiger partial charge is 0.147 e. The summed E-state index contributed by atoms with van der Waals surface area (Å²) in [6.45, 7) is 2.70. The van der Waals surface area contributed by atoms with Crippen LogP contribution in [0.1, 0.15) is 37.8 Å². The van der Waals surface area contributed by atoms with Gasteiger partial charge in [0.15, 0.2) is 0 Å². The molecule has 0 aromatic heterocycles. The number of benzene rings is 1. The van der Waals surface area contributed by atoms with Gasteiger partial charge in [0.2, 0.25) is 0 Å². The lowest BCUT2D eigenvalue weighted by Crippen LogP contribution is -2.23. The Morgan fingerprint density at radius 3 is 2.30 bits per heavy atom. The van der Waals surface area contributed by atoms with Crippen molar-refractivity contribution in [2.24, 2.45) is 0 Å². The molecule has 0 saturated heterocycles. The molecule has 0 aliphatic heterocycles. The monoisotopic (exact) mass is 305 g/mol. The Bertz CT molecular complexity index is 512. The second-order valence-electron chi connectivity index (χ2n) is 4.98. The van der Waals surface area contributed by atoms with E-state index >= 15 is 0 Å². The van der Waals surface area contributed by atoms with Gasteiger partial charge in [-0.3, -0.25) is 0 Å². The van der Waals surface area contributed by atoms with E-state index < -0.39 is 21.5 Å². The fourth-order valence-corrected chi connectivity index (χ4v) is 2.72. The summed E-state index contributed by atoms with van der Waals surface area (Å²) in [5.41, 5.74) is 0.518. The van der Waals surface area contributed by atoms with Crippen molar-refractivity contribution >= 4 is 9.84 Å². The molecule has 1 aromatic rings. The molecule has 0 bridgehead atoms. The maximum atomic E-state index is 13.3. The standard InChI is InChI=1S/C14H21F2NO2S/c1-3-6-17-14(5-4-7-20(2,18)19)11-8-12(15)10-13(16)9-11/h8-10,14,17H,3-7H2,1-2H3. The van der Waals surface area contributed by atoms with Crippen LogP contribution in [0.4, 0.5) is 8.78 Å². The van der Waals surface area contributed by atoms with Crippen LogP contribution in [-0.4, -0.2) is 27.0 Å². The highest BCUT2D eigenvalue weighted by Crippen LogP contribution is 2.21. The lowest BCUT2D eigenvalue weighted by Gasteiger charge is -2.19. The van der Waals surface area contributed by atoms with Gasteiger partial charge in [-0.1, -0.05) is 6.92 Å². The van der Waals surface area contributed by atoms with Crippen molar-refractivity contribution in [1.29, 1.82) is 0 Å². The van der Waals surface area contributed by atoms with Gasteiger partial charge in [-0.05, 0) is 43.5 Å². The van der Waals surface area contributed by atoms with E-state index in [0.29, 0.717) is 24.9 Å². The first kappa shape index (κ1) is 17.0. The molecule has 20 heavy (non-hydrogen) atoms. The highest BCUT2D eigenvalue weighted by molar-refractivity contribution is 7.90. The van der Waals surface area contributed by atoms with Gasteiger partial charge < -0.3 is 5.32 Å². The van der Waals surface area contributed by atoms with Crippen molar-refractivity contribution in [3.05, 3.63) is 35.4 Å². The van der Waals surface area contributed by atoms with Gasteiger partial charge in [-0.15, -0.1) is 0 Å². The van der Waals surface area contributed by atoms with Crippen LogP contribution in [-0.2, 0) is 9.84 Å². The molecule has 0 amide bonds. The lowest BCUT2D eigenvalue weighted by molar-refractivity contribution is 0.484. The Labute approximate surface area is 119 Å². The second kappa shape index (κ2) is 7.69. The van der Waals surface area contributed by atoms with Crippen LogP contribution in [0.15, 0.2) is 18.2 Å². The average Bonchev–Trinajstić information content (AvgIpc) is 2.30. The summed E-state index contributed by atoms with van der Waals surface area (Å²) in [4.78, 5) is 0. The van der Waals surface area contributed by atoms with E-state index in [4.69, 9.17) is 0 Å². The largest absolute Gasteiger partial charge is 0.310 e. The van der Waals surface area contributed by atoms with Crippen LogP contribution in [0.3, 0.4) is 0 Å². The maximum absolute atomic E-state index is 13.3. The summed E-state index contributed by atoms with van der Waals surface area (Å²) in [6, 6.07) is 3.17. The molecule has 1 aromatic carbocycles. The summed E-state index contributed by atoms with van der Waals surface area (Å²) in [6.07, 6.45) is 3.05. The van der Waals surface area contributed by atoms with Crippen LogP contribution in [0, 0.1) is 11.6 Å². The van der Waals surface area contributed by atoms with Crippen LogP contribution in [0.25, 0.3) is 0 Å². The van der Waals surface area contributed by atoms with E-state index in [-0.39, 0.29) is 11.8 Å². The first-order valence-electron chi connectivity index (χ1n) is 6.69. The van der Waals surface area contributed by atoms with Crippen molar-refractivity contribution in [3.63, 3.8) is 0 Å². The Morgan fingerprint density at radius 1 is 1.20 bits per heavy atom. The van der Waals surface area contributed by atoms with Crippen molar-refractivity contribution < 1.29 is 17.2 Å². The van der Waals surface area contributed by atoms with E-state index in [1.165, 1.54) is 18.4 Å². The van der Waals surface area contributed by atoms with Crippen LogP contribution >= 0.6 is 0 Å². The molecule has 0 heterocycles. The lowest BCUT2D eigenvalue weighted by atomic mass is 10.0. The van der Waals surface area contributed by atoms with Gasteiger partial charge in [0, 0.05) is 24.1 Å². The molecule has 0 fully saturated rings. The summed E-state index contributed by atoms with van der Waals surface area (Å²) in [5, 5.41) is 3.20. The van der Waals surface area contributed by atoms with Crippen molar-refractivity contribution in [2.75, 3.05) is 18.6 Å². The van der Waals surface area contributed by atoms with Gasteiger partial charge in [0.05, 0.1) is 0 Å². The Hall–Kier alpha value is -1.01. The molecule has 0 radical (unpaired) electrons.